The van der Waals surface area contributed by atoms with Crippen molar-refractivity contribution in [2.24, 2.45) is 5.73 Å². The van der Waals surface area contributed by atoms with Crippen molar-refractivity contribution in [2.75, 3.05) is 0 Å². The summed E-state index contributed by atoms with van der Waals surface area (Å²) >= 11 is 7.26. The molecule has 2 N–H and O–H groups in total. The second kappa shape index (κ2) is 7.07. The Balaban J connectivity index is 1.98. The molecule has 0 saturated heterocycles. The number of benzene rings is 1. The molecule has 2 aromatic rings. The third-order valence-electron chi connectivity index (χ3n) is 3.02. The van der Waals surface area contributed by atoms with Gasteiger partial charge in [0, 0.05) is 10.9 Å². The van der Waals surface area contributed by atoms with Gasteiger partial charge in [-0.3, -0.25) is 0 Å². The van der Waals surface area contributed by atoms with Crippen molar-refractivity contribution in [3.05, 3.63) is 50.9 Å². The van der Waals surface area contributed by atoms with Crippen LogP contribution in [-0.4, -0.2) is 6.04 Å². The van der Waals surface area contributed by atoms with Crippen molar-refractivity contribution in [3.8, 4) is 5.75 Å². The summed E-state index contributed by atoms with van der Waals surface area (Å²) in [6, 6.07) is 8.74. The van der Waals surface area contributed by atoms with Crippen molar-refractivity contribution >= 4 is 22.9 Å². The predicted octanol–water partition coefficient (Wildman–Crippen LogP) is 4.40. The molecule has 1 aromatic carbocycles. The summed E-state index contributed by atoms with van der Waals surface area (Å²) in [6.45, 7) is 2.34. The molecule has 5 heteroatoms. The molecule has 0 spiro atoms. The fraction of sp³-hybridized carbons (Fsp3) is 0.333. The minimum absolute atomic E-state index is 0.0643. The van der Waals surface area contributed by atoms with Crippen LogP contribution in [0.1, 0.15) is 23.8 Å². The fourth-order valence-electron chi connectivity index (χ4n) is 1.81. The fourth-order valence-corrected chi connectivity index (χ4v) is 2.81. The van der Waals surface area contributed by atoms with Crippen LogP contribution in [0.4, 0.5) is 4.39 Å². The second-order valence-electron chi connectivity index (χ2n) is 4.63. The van der Waals surface area contributed by atoms with Gasteiger partial charge in [-0.25, -0.2) is 4.39 Å². The van der Waals surface area contributed by atoms with Gasteiger partial charge >= 0.3 is 0 Å². The van der Waals surface area contributed by atoms with Gasteiger partial charge in [0.1, 0.15) is 6.61 Å². The standard InChI is InChI=1S/C15H17ClFNOS/c1-2-11(18)7-10-3-5-14(13(17)8-10)19-9-12-4-6-15(16)20-12/h3-6,8,11H,2,7,9,18H2,1H3. The third-order valence-corrected chi connectivity index (χ3v) is 4.22. The lowest BCUT2D eigenvalue weighted by Crippen LogP contribution is -2.21. The maximum atomic E-state index is 13.9. The quantitative estimate of drug-likeness (QED) is 0.858. The van der Waals surface area contributed by atoms with Crippen LogP contribution in [0.5, 0.6) is 5.75 Å². The Morgan fingerprint density at radius 3 is 2.75 bits per heavy atom. The van der Waals surface area contributed by atoms with E-state index in [1.54, 1.807) is 12.1 Å². The van der Waals surface area contributed by atoms with Crippen LogP contribution in [0.25, 0.3) is 0 Å². The smallest absolute Gasteiger partial charge is 0.165 e. The average molecular weight is 314 g/mol. The zero-order valence-electron chi connectivity index (χ0n) is 11.2. The molecule has 1 heterocycles. The summed E-state index contributed by atoms with van der Waals surface area (Å²) in [5, 5.41) is 0. The molecule has 1 unspecified atom stereocenters. The van der Waals surface area contributed by atoms with Gasteiger partial charge in [0.2, 0.25) is 0 Å². The first-order valence-electron chi connectivity index (χ1n) is 6.49. The van der Waals surface area contributed by atoms with E-state index in [0.717, 1.165) is 16.9 Å². The summed E-state index contributed by atoms with van der Waals surface area (Å²) in [5.74, 6) is -0.100. The van der Waals surface area contributed by atoms with Gasteiger partial charge in [-0.1, -0.05) is 24.6 Å². The molecule has 0 amide bonds. The van der Waals surface area contributed by atoms with Gasteiger partial charge in [0.15, 0.2) is 11.6 Å². The van der Waals surface area contributed by atoms with Gasteiger partial charge in [0.25, 0.3) is 0 Å². The van der Waals surface area contributed by atoms with E-state index < -0.39 is 0 Å². The van der Waals surface area contributed by atoms with Gasteiger partial charge < -0.3 is 10.5 Å². The molecule has 0 fully saturated rings. The van der Waals surface area contributed by atoms with Crippen LogP contribution in [0.15, 0.2) is 30.3 Å². The van der Waals surface area contributed by atoms with E-state index in [2.05, 4.69) is 0 Å². The Kier molecular flexibility index (Phi) is 5.40. The van der Waals surface area contributed by atoms with E-state index in [-0.39, 0.29) is 17.6 Å². The number of nitrogens with two attached hydrogens (primary N) is 1. The maximum absolute atomic E-state index is 13.9. The van der Waals surface area contributed by atoms with Crippen LogP contribution in [-0.2, 0) is 13.0 Å². The lowest BCUT2D eigenvalue weighted by molar-refractivity contribution is 0.293. The van der Waals surface area contributed by atoms with Crippen LogP contribution >= 0.6 is 22.9 Å². The van der Waals surface area contributed by atoms with Crippen LogP contribution in [0, 0.1) is 5.82 Å². The molecule has 0 aliphatic carbocycles. The second-order valence-corrected chi connectivity index (χ2v) is 6.43. The third kappa shape index (κ3) is 4.20. The molecule has 0 bridgehead atoms. The van der Waals surface area contributed by atoms with E-state index in [4.69, 9.17) is 22.1 Å². The van der Waals surface area contributed by atoms with Crippen molar-refractivity contribution < 1.29 is 9.13 Å². The first-order valence-corrected chi connectivity index (χ1v) is 7.69. The largest absolute Gasteiger partial charge is 0.485 e. The average Bonchev–Trinajstić information content (AvgIpc) is 2.83. The van der Waals surface area contributed by atoms with Crippen LogP contribution < -0.4 is 10.5 Å². The Morgan fingerprint density at radius 2 is 2.15 bits per heavy atom. The summed E-state index contributed by atoms with van der Waals surface area (Å²) in [6.07, 6.45) is 1.55. The van der Waals surface area contributed by atoms with Gasteiger partial charge in [0.05, 0.1) is 4.34 Å². The molecule has 0 radical (unpaired) electrons. The Morgan fingerprint density at radius 1 is 1.35 bits per heavy atom. The van der Waals surface area contributed by atoms with E-state index >= 15 is 0 Å². The molecular formula is C15H17ClFNOS. The van der Waals surface area contributed by atoms with E-state index in [9.17, 15) is 4.39 Å². The van der Waals surface area contributed by atoms with Gasteiger partial charge in [-0.05, 0) is 42.7 Å². The molecule has 20 heavy (non-hydrogen) atoms. The van der Waals surface area contributed by atoms with Crippen LogP contribution in [0.2, 0.25) is 4.34 Å². The lowest BCUT2D eigenvalue weighted by atomic mass is 10.0. The van der Waals surface area contributed by atoms with Crippen molar-refractivity contribution in [2.45, 2.75) is 32.4 Å². The molecule has 0 aliphatic heterocycles. The zero-order valence-corrected chi connectivity index (χ0v) is 12.8. The van der Waals surface area contributed by atoms with Crippen molar-refractivity contribution in [1.82, 2.24) is 0 Å². The SMILES string of the molecule is CCC(N)Cc1ccc(OCc2ccc(Cl)s2)c(F)c1. The summed E-state index contributed by atoms with van der Waals surface area (Å²) in [4.78, 5) is 0.964. The highest BCUT2D eigenvalue weighted by molar-refractivity contribution is 7.16. The maximum Gasteiger partial charge on any atom is 0.165 e. The monoisotopic (exact) mass is 313 g/mol. The first-order chi connectivity index (χ1) is 9.58. The molecule has 0 saturated carbocycles. The Labute approximate surface area is 127 Å². The highest BCUT2D eigenvalue weighted by Crippen LogP contribution is 2.25. The van der Waals surface area contributed by atoms with Crippen LogP contribution in [0.3, 0.4) is 0 Å². The number of hydrogen-bond acceptors (Lipinski definition) is 3. The highest BCUT2D eigenvalue weighted by atomic mass is 35.5. The number of halogens is 2. The molecule has 108 valence electrons. The van der Waals surface area contributed by atoms with Gasteiger partial charge in [-0.2, -0.15) is 0 Å². The number of hydrogen-bond donors (Lipinski definition) is 1. The number of thiophene rings is 1. The minimum atomic E-state index is -0.353. The number of ether oxygens (including phenoxy) is 1. The van der Waals surface area contributed by atoms with Crippen molar-refractivity contribution in [3.63, 3.8) is 0 Å². The summed E-state index contributed by atoms with van der Waals surface area (Å²) in [7, 11) is 0. The van der Waals surface area contributed by atoms with Crippen molar-refractivity contribution in [1.29, 1.82) is 0 Å². The topological polar surface area (TPSA) is 35.2 Å². The first kappa shape index (κ1) is 15.3. The summed E-state index contributed by atoms with van der Waals surface area (Å²) < 4.78 is 20.1. The van der Waals surface area contributed by atoms with E-state index in [0.29, 0.717) is 17.4 Å². The lowest BCUT2D eigenvalue weighted by Gasteiger charge is -2.11. The minimum Gasteiger partial charge on any atom is -0.485 e. The Hall–Kier alpha value is -1.10. The highest BCUT2D eigenvalue weighted by Gasteiger charge is 2.08. The Bertz CT molecular complexity index is 573. The molecule has 1 aromatic heterocycles. The number of rotatable bonds is 6. The van der Waals surface area contributed by atoms with Gasteiger partial charge in [-0.15, -0.1) is 11.3 Å². The molecule has 2 nitrogen and oxygen atoms in total. The molecule has 1 atom stereocenters. The normalized spacial score (nSPS) is 12.4. The summed E-state index contributed by atoms with van der Waals surface area (Å²) in [5.41, 5.74) is 6.76. The molecular weight excluding hydrogens is 297 g/mol. The zero-order chi connectivity index (χ0) is 14.5. The predicted molar refractivity (Wildman–Crippen MR) is 82.0 cm³/mol. The molecule has 0 aliphatic rings. The van der Waals surface area contributed by atoms with E-state index in [1.165, 1.54) is 17.4 Å². The van der Waals surface area contributed by atoms with E-state index in [1.807, 2.05) is 19.1 Å². The molecule has 2 rings (SSSR count).